The van der Waals surface area contributed by atoms with E-state index in [-0.39, 0.29) is 5.69 Å². The molecular weight excluding hydrogens is 310 g/mol. The Balaban J connectivity index is 2.12. The maximum Gasteiger partial charge on any atom is 0.354 e. The Morgan fingerprint density at radius 2 is 1.95 bits per heavy atom. The van der Waals surface area contributed by atoms with Crippen LogP contribution in [0, 0.1) is 0 Å². The van der Waals surface area contributed by atoms with E-state index in [1.807, 2.05) is 24.3 Å². The van der Waals surface area contributed by atoms with E-state index in [1.54, 1.807) is 0 Å². The number of nitrogens with two attached hydrogens (primary N) is 1. The first-order valence-electron chi connectivity index (χ1n) is 5.54. The third-order valence-electron chi connectivity index (χ3n) is 2.52. The third-order valence-corrected chi connectivity index (χ3v) is 3.05. The Kier molecular flexibility index (Phi) is 4.01. The van der Waals surface area contributed by atoms with Crippen molar-refractivity contribution in [3.05, 3.63) is 52.1 Å². The Morgan fingerprint density at radius 3 is 2.58 bits per heavy atom. The van der Waals surface area contributed by atoms with Crippen molar-refractivity contribution in [2.24, 2.45) is 0 Å². The van der Waals surface area contributed by atoms with Crippen molar-refractivity contribution in [2.45, 2.75) is 6.54 Å². The smallest absolute Gasteiger partial charge is 0.354 e. The molecule has 0 aliphatic carbocycles. The first-order valence-corrected chi connectivity index (χ1v) is 6.33. The normalized spacial score (nSPS) is 10.2. The van der Waals surface area contributed by atoms with Crippen molar-refractivity contribution in [3.63, 3.8) is 0 Å². The van der Waals surface area contributed by atoms with Gasteiger partial charge < -0.3 is 16.2 Å². The number of pyridine rings is 1. The number of carboxylic acid groups (broad SMARTS) is 1. The second kappa shape index (κ2) is 5.71. The van der Waals surface area contributed by atoms with E-state index in [0.29, 0.717) is 18.1 Å². The molecule has 0 atom stereocenters. The summed E-state index contributed by atoms with van der Waals surface area (Å²) in [6.07, 6.45) is 0. The molecule has 98 valence electrons. The van der Waals surface area contributed by atoms with Crippen molar-refractivity contribution in [2.75, 3.05) is 11.1 Å². The van der Waals surface area contributed by atoms with Crippen LogP contribution < -0.4 is 11.1 Å². The van der Waals surface area contributed by atoms with Gasteiger partial charge in [-0.2, -0.15) is 0 Å². The number of hydrogen-bond acceptors (Lipinski definition) is 4. The van der Waals surface area contributed by atoms with Gasteiger partial charge >= 0.3 is 5.97 Å². The lowest BCUT2D eigenvalue weighted by molar-refractivity contribution is 0.0690. The van der Waals surface area contributed by atoms with Gasteiger partial charge in [0.15, 0.2) is 5.69 Å². The Morgan fingerprint density at radius 1 is 1.26 bits per heavy atom. The summed E-state index contributed by atoms with van der Waals surface area (Å²) >= 11 is 3.36. The summed E-state index contributed by atoms with van der Waals surface area (Å²) < 4.78 is 1.00. The fraction of sp³-hybridized carbons (Fsp3) is 0.0769. The second-order valence-electron chi connectivity index (χ2n) is 3.92. The summed E-state index contributed by atoms with van der Waals surface area (Å²) in [7, 11) is 0. The highest BCUT2D eigenvalue weighted by Crippen LogP contribution is 2.17. The number of nitrogens with one attached hydrogen (secondary N) is 1. The molecule has 0 saturated carbocycles. The fourth-order valence-electron chi connectivity index (χ4n) is 1.52. The standard InChI is InChI=1S/C13H12BrN3O2/c14-9-3-1-8(2-4-9)7-16-12-10(15)5-6-11(17-12)13(18)19/h1-6H,7,15H2,(H,16,17)(H,18,19). The van der Waals surface area contributed by atoms with E-state index in [4.69, 9.17) is 10.8 Å². The zero-order chi connectivity index (χ0) is 13.8. The molecule has 2 rings (SSSR count). The van der Waals surface area contributed by atoms with Crippen molar-refractivity contribution in [1.29, 1.82) is 0 Å². The van der Waals surface area contributed by atoms with Crippen LogP contribution in [0.3, 0.4) is 0 Å². The molecule has 0 amide bonds. The summed E-state index contributed by atoms with van der Waals surface area (Å²) in [6, 6.07) is 10.7. The molecule has 0 spiro atoms. The number of aromatic carboxylic acids is 1. The summed E-state index contributed by atoms with van der Waals surface area (Å²) in [5.74, 6) is -0.700. The van der Waals surface area contributed by atoms with E-state index in [1.165, 1.54) is 12.1 Å². The second-order valence-corrected chi connectivity index (χ2v) is 4.84. The van der Waals surface area contributed by atoms with E-state index >= 15 is 0 Å². The quantitative estimate of drug-likeness (QED) is 0.805. The zero-order valence-electron chi connectivity index (χ0n) is 9.93. The van der Waals surface area contributed by atoms with Gasteiger partial charge in [-0.15, -0.1) is 0 Å². The molecule has 0 bridgehead atoms. The summed E-state index contributed by atoms with van der Waals surface area (Å²) in [4.78, 5) is 14.8. The van der Waals surface area contributed by atoms with Crippen molar-refractivity contribution < 1.29 is 9.90 Å². The number of halogens is 1. The number of aromatic nitrogens is 1. The van der Waals surface area contributed by atoms with Gasteiger partial charge in [-0.25, -0.2) is 9.78 Å². The number of rotatable bonds is 4. The average Bonchev–Trinajstić information content (AvgIpc) is 2.39. The molecule has 0 fully saturated rings. The lowest BCUT2D eigenvalue weighted by atomic mass is 10.2. The first-order chi connectivity index (χ1) is 9.06. The van der Waals surface area contributed by atoms with E-state index in [9.17, 15) is 4.79 Å². The van der Waals surface area contributed by atoms with Crippen molar-refractivity contribution in [1.82, 2.24) is 4.98 Å². The highest BCUT2D eigenvalue weighted by atomic mass is 79.9. The molecule has 0 aliphatic heterocycles. The first kappa shape index (κ1) is 13.4. The van der Waals surface area contributed by atoms with Crippen LogP contribution in [-0.4, -0.2) is 16.1 Å². The summed E-state index contributed by atoms with van der Waals surface area (Å²) in [5, 5.41) is 11.9. The minimum absolute atomic E-state index is 0.0347. The maximum absolute atomic E-state index is 10.8. The molecule has 5 nitrogen and oxygen atoms in total. The number of nitrogen functional groups attached to an aromatic ring is 1. The van der Waals surface area contributed by atoms with Gasteiger partial charge in [0.2, 0.25) is 0 Å². The van der Waals surface area contributed by atoms with Gasteiger partial charge in [-0.1, -0.05) is 28.1 Å². The molecule has 6 heteroatoms. The fourth-order valence-corrected chi connectivity index (χ4v) is 1.78. The van der Waals surface area contributed by atoms with Crippen LogP contribution >= 0.6 is 15.9 Å². The van der Waals surface area contributed by atoms with Gasteiger partial charge in [0.05, 0.1) is 5.69 Å². The van der Waals surface area contributed by atoms with Crippen LogP contribution in [0.15, 0.2) is 40.9 Å². The van der Waals surface area contributed by atoms with E-state index in [2.05, 4.69) is 26.2 Å². The number of nitrogens with zero attached hydrogens (tertiary/aromatic N) is 1. The predicted molar refractivity (Wildman–Crippen MR) is 77.1 cm³/mol. The molecule has 4 N–H and O–H groups in total. The SMILES string of the molecule is Nc1ccc(C(=O)O)nc1NCc1ccc(Br)cc1. The molecule has 0 saturated heterocycles. The molecule has 1 heterocycles. The van der Waals surface area contributed by atoms with Crippen LogP contribution in [0.4, 0.5) is 11.5 Å². The molecule has 1 aromatic carbocycles. The number of carbonyl (C=O) groups is 1. The lowest BCUT2D eigenvalue weighted by Gasteiger charge is -2.09. The van der Waals surface area contributed by atoms with Crippen LogP contribution in [0.25, 0.3) is 0 Å². The molecule has 0 radical (unpaired) electrons. The van der Waals surface area contributed by atoms with Gasteiger partial charge in [0.1, 0.15) is 5.82 Å². The number of carboxylic acids is 1. The monoisotopic (exact) mass is 321 g/mol. The van der Waals surface area contributed by atoms with Gasteiger partial charge in [0, 0.05) is 11.0 Å². The third kappa shape index (κ3) is 3.45. The zero-order valence-corrected chi connectivity index (χ0v) is 11.5. The highest BCUT2D eigenvalue weighted by Gasteiger charge is 2.08. The molecule has 2 aromatic rings. The van der Waals surface area contributed by atoms with Gasteiger partial charge in [-0.3, -0.25) is 0 Å². The topological polar surface area (TPSA) is 88.2 Å². The largest absolute Gasteiger partial charge is 0.477 e. The van der Waals surface area contributed by atoms with Crippen LogP contribution in [0.2, 0.25) is 0 Å². The van der Waals surface area contributed by atoms with Crippen molar-refractivity contribution >= 4 is 33.4 Å². The summed E-state index contributed by atoms with van der Waals surface area (Å²) in [5.41, 5.74) is 7.18. The van der Waals surface area contributed by atoms with Gasteiger partial charge in [-0.05, 0) is 29.8 Å². The Labute approximate surface area is 118 Å². The summed E-state index contributed by atoms with van der Waals surface area (Å²) in [6.45, 7) is 0.521. The molecule has 0 unspecified atom stereocenters. The van der Waals surface area contributed by atoms with E-state index < -0.39 is 5.97 Å². The predicted octanol–water partition coefficient (Wildman–Crippen LogP) is 2.74. The Bertz CT molecular complexity index is 599. The van der Waals surface area contributed by atoms with Crippen LogP contribution in [0.1, 0.15) is 16.1 Å². The molecule has 1 aromatic heterocycles. The maximum atomic E-state index is 10.8. The molecular formula is C13H12BrN3O2. The van der Waals surface area contributed by atoms with Crippen LogP contribution in [-0.2, 0) is 6.54 Å². The Hall–Kier alpha value is -2.08. The van der Waals surface area contributed by atoms with Crippen molar-refractivity contribution in [3.8, 4) is 0 Å². The number of anilines is 2. The number of benzene rings is 1. The van der Waals surface area contributed by atoms with Gasteiger partial charge in [0.25, 0.3) is 0 Å². The minimum Gasteiger partial charge on any atom is -0.477 e. The molecule has 0 aliphatic rings. The number of hydrogen-bond donors (Lipinski definition) is 3. The highest BCUT2D eigenvalue weighted by molar-refractivity contribution is 9.10. The average molecular weight is 322 g/mol. The lowest BCUT2D eigenvalue weighted by Crippen LogP contribution is -2.08. The van der Waals surface area contributed by atoms with Crippen LogP contribution in [0.5, 0.6) is 0 Å². The molecule has 19 heavy (non-hydrogen) atoms. The van der Waals surface area contributed by atoms with E-state index in [0.717, 1.165) is 10.0 Å². The minimum atomic E-state index is -1.08.